The molecule has 92 valence electrons. The van der Waals surface area contributed by atoms with E-state index in [9.17, 15) is 4.79 Å². The van der Waals surface area contributed by atoms with Gasteiger partial charge in [-0.1, -0.05) is 12.8 Å². The van der Waals surface area contributed by atoms with Crippen LogP contribution in [-0.2, 0) is 4.79 Å². The van der Waals surface area contributed by atoms with E-state index in [0.717, 1.165) is 24.9 Å². The quantitative estimate of drug-likeness (QED) is 0.799. The number of hydrogen-bond donors (Lipinski definition) is 1. The first-order chi connectivity index (χ1) is 7.77. The van der Waals surface area contributed by atoms with Gasteiger partial charge in [-0.25, -0.2) is 0 Å². The van der Waals surface area contributed by atoms with E-state index in [-0.39, 0.29) is 0 Å². The molecule has 1 saturated heterocycles. The molecule has 1 aliphatic carbocycles. The molecule has 0 unspecified atom stereocenters. The van der Waals surface area contributed by atoms with Crippen molar-refractivity contribution < 1.29 is 9.90 Å². The minimum atomic E-state index is -0.655. The monoisotopic (exact) mass is 225 g/mol. The average molecular weight is 225 g/mol. The molecule has 2 aliphatic rings. The second-order valence-corrected chi connectivity index (χ2v) is 5.29. The number of piperidine rings is 1. The minimum absolute atomic E-state index is 0.327. The summed E-state index contributed by atoms with van der Waals surface area (Å²) in [5.41, 5.74) is 0. The Labute approximate surface area is 97.8 Å². The fourth-order valence-electron chi connectivity index (χ4n) is 3.44. The number of nitrogens with zero attached hydrogens (tertiary/aromatic N) is 1. The second-order valence-electron chi connectivity index (χ2n) is 5.29. The van der Waals surface area contributed by atoms with Crippen LogP contribution in [0.15, 0.2) is 0 Å². The number of carbonyl (C=O) groups is 1. The molecule has 0 bridgehead atoms. The Balaban J connectivity index is 1.80. The largest absolute Gasteiger partial charge is 0.481 e. The number of aliphatic carboxylic acids is 1. The summed E-state index contributed by atoms with van der Waals surface area (Å²) < 4.78 is 0. The second kappa shape index (κ2) is 5.67. The maximum Gasteiger partial charge on any atom is 0.303 e. The number of hydrogen-bond acceptors (Lipinski definition) is 2. The molecule has 0 radical (unpaired) electrons. The van der Waals surface area contributed by atoms with Crippen LogP contribution in [0, 0.1) is 5.92 Å². The highest BCUT2D eigenvalue weighted by Gasteiger charge is 2.32. The van der Waals surface area contributed by atoms with Crippen molar-refractivity contribution in [2.24, 2.45) is 5.92 Å². The Hall–Kier alpha value is -0.570. The Morgan fingerprint density at radius 2 is 1.94 bits per heavy atom. The first-order valence-corrected chi connectivity index (χ1v) is 6.73. The molecule has 2 rings (SSSR count). The van der Waals surface area contributed by atoms with Crippen LogP contribution in [0.3, 0.4) is 0 Å². The summed E-state index contributed by atoms with van der Waals surface area (Å²) in [6, 6.07) is 0.774. The van der Waals surface area contributed by atoms with Gasteiger partial charge in [-0.3, -0.25) is 4.79 Å². The van der Waals surface area contributed by atoms with Crippen molar-refractivity contribution in [2.45, 2.75) is 57.4 Å². The molecular formula is C13H23NO2. The molecule has 1 heterocycles. The lowest BCUT2D eigenvalue weighted by atomic mass is 9.78. The first kappa shape index (κ1) is 11.9. The highest BCUT2D eigenvalue weighted by atomic mass is 16.4. The van der Waals surface area contributed by atoms with Gasteiger partial charge >= 0.3 is 5.97 Å². The van der Waals surface area contributed by atoms with Gasteiger partial charge in [0.25, 0.3) is 0 Å². The Kier molecular flexibility index (Phi) is 4.22. The van der Waals surface area contributed by atoms with Gasteiger partial charge in [0.1, 0.15) is 0 Å². The van der Waals surface area contributed by atoms with Crippen LogP contribution in [-0.4, -0.2) is 35.1 Å². The fourth-order valence-corrected chi connectivity index (χ4v) is 3.44. The molecule has 0 aromatic rings. The number of carboxylic acids is 1. The summed E-state index contributed by atoms with van der Waals surface area (Å²) in [4.78, 5) is 13.1. The average Bonchev–Trinajstić information content (AvgIpc) is 2.29. The molecule has 1 aliphatic heterocycles. The van der Waals surface area contributed by atoms with E-state index >= 15 is 0 Å². The number of likely N-dealkylation sites (tertiary alicyclic amines) is 1. The predicted octanol–water partition coefficient (Wildman–Crippen LogP) is 2.51. The van der Waals surface area contributed by atoms with E-state index < -0.39 is 5.97 Å². The van der Waals surface area contributed by atoms with Gasteiger partial charge in [0.15, 0.2) is 0 Å². The van der Waals surface area contributed by atoms with E-state index in [1.165, 1.54) is 45.1 Å². The summed E-state index contributed by atoms with van der Waals surface area (Å²) in [5.74, 6) is 0.254. The summed E-state index contributed by atoms with van der Waals surface area (Å²) >= 11 is 0. The van der Waals surface area contributed by atoms with E-state index in [0.29, 0.717) is 6.42 Å². The van der Waals surface area contributed by atoms with Gasteiger partial charge in [0, 0.05) is 12.5 Å². The molecule has 0 aromatic carbocycles. The molecule has 2 fully saturated rings. The van der Waals surface area contributed by atoms with Crippen molar-refractivity contribution in [3.63, 3.8) is 0 Å². The summed E-state index contributed by atoms with van der Waals surface area (Å²) in [7, 11) is 0. The van der Waals surface area contributed by atoms with Gasteiger partial charge in [-0.05, 0) is 51.1 Å². The summed E-state index contributed by atoms with van der Waals surface area (Å²) in [5, 5.41) is 8.66. The zero-order valence-electron chi connectivity index (χ0n) is 10.0. The normalized spacial score (nSPS) is 31.0. The van der Waals surface area contributed by atoms with Crippen molar-refractivity contribution >= 4 is 5.97 Å². The number of fused-ring (bicyclic) bond motifs is 1. The van der Waals surface area contributed by atoms with Crippen molar-refractivity contribution in [3.8, 4) is 0 Å². The van der Waals surface area contributed by atoms with Crippen LogP contribution < -0.4 is 0 Å². The molecule has 0 aromatic heterocycles. The van der Waals surface area contributed by atoms with Crippen molar-refractivity contribution in [3.05, 3.63) is 0 Å². The molecule has 1 saturated carbocycles. The van der Waals surface area contributed by atoms with Crippen LogP contribution in [0.25, 0.3) is 0 Å². The molecule has 16 heavy (non-hydrogen) atoms. The van der Waals surface area contributed by atoms with Crippen LogP contribution >= 0.6 is 0 Å². The Morgan fingerprint density at radius 1 is 1.19 bits per heavy atom. The third-order valence-electron chi connectivity index (χ3n) is 4.19. The Morgan fingerprint density at radius 3 is 2.75 bits per heavy atom. The SMILES string of the molecule is O=C(O)CCCN1CCC[C@H]2CCCC[C@H]21. The molecule has 3 heteroatoms. The van der Waals surface area contributed by atoms with E-state index in [1.807, 2.05) is 0 Å². The number of carboxylic acid groups (broad SMARTS) is 1. The van der Waals surface area contributed by atoms with Crippen LogP contribution in [0.4, 0.5) is 0 Å². The van der Waals surface area contributed by atoms with Gasteiger partial charge in [-0.2, -0.15) is 0 Å². The first-order valence-electron chi connectivity index (χ1n) is 6.73. The molecular weight excluding hydrogens is 202 g/mol. The molecule has 0 spiro atoms. The third-order valence-corrected chi connectivity index (χ3v) is 4.19. The van der Waals surface area contributed by atoms with Crippen molar-refractivity contribution in [1.82, 2.24) is 4.90 Å². The third kappa shape index (κ3) is 2.97. The zero-order valence-corrected chi connectivity index (χ0v) is 10.0. The van der Waals surface area contributed by atoms with Crippen LogP contribution in [0.2, 0.25) is 0 Å². The lowest BCUT2D eigenvalue weighted by Gasteiger charge is -2.44. The standard InChI is InChI=1S/C13H23NO2/c15-13(16)8-4-10-14-9-3-6-11-5-1-2-7-12(11)14/h11-12H,1-10H2,(H,15,16)/t11-,12-/m1/s1. The Bertz CT molecular complexity index is 240. The maximum absolute atomic E-state index is 10.5. The van der Waals surface area contributed by atoms with E-state index in [4.69, 9.17) is 5.11 Å². The van der Waals surface area contributed by atoms with E-state index in [2.05, 4.69) is 4.90 Å². The highest BCUT2D eigenvalue weighted by Crippen LogP contribution is 2.35. The molecule has 0 amide bonds. The lowest BCUT2D eigenvalue weighted by molar-refractivity contribution is -0.137. The van der Waals surface area contributed by atoms with Crippen molar-refractivity contribution in [2.75, 3.05) is 13.1 Å². The lowest BCUT2D eigenvalue weighted by Crippen LogP contribution is -2.47. The van der Waals surface area contributed by atoms with Gasteiger partial charge in [-0.15, -0.1) is 0 Å². The smallest absolute Gasteiger partial charge is 0.303 e. The molecule has 2 atom stereocenters. The zero-order chi connectivity index (χ0) is 11.4. The van der Waals surface area contributed by atoms with Gasteiger partial charge in [0.05, 0.1) is 0 Å². The minimum Gasteiger partial charge on any atom is -0.481 e. The van der Waals surface area contributed by atoms with Crippen LogP contribution in [0.5, 0.6) is 0 Å². The predicted molar refractivity (Wildman–Crippen MR) is 63.4 cm³/mol. The van der Waals surface area contributed by atoms with Crippen molar-refractivity contribution in [1.29, 1.82) is 0 Å². The fraction of sp³-hybridized carbons (Fsp3) is 0.923. The molecule has 1 N–H and O–H groups in total. The summed E-state index contributed by atoms with van der Waals surface area (Å²) in [6.45, 7) is 2.19. The van der Waals surface area contributed by atoms with E-state index in [1.54, 1.807) is 0 Å². The van der Waals surface area contributed by atoms with Gasteiger partial charge < -0.3 is 10.0 Å². The summed E-state index contributed by atoms with van der Waals surface area (Å²) in [6.07, 6.45) is 9.39. The topological polar surface area (TPSA) is 40.5 Å². The number of rotatable bonds is 4. The molecule has 3 nitrogen and oxygen atoms in total. The maximum atomic E-state index is 10.5. The highest BCUT2D eigenvalue weighted by molar-refractivity contribution is 5.66. The van der Waals surface area contributed by atoms with Gasteiger partial charge in [0.2, 0.25) is 0 Å². The van der Waals surface area contributed by atoms with Crippen LogP contribution in [0.1, 0.15) is 51.4 Å².